The van der Waals surface area contributed by atoms with Crippen molar-refractivity contribution in [2.24, 2.45) is 5.92 Å². The molecule has 1 aliphatic heterocycles. The Morgan fingerprint density at radius 1 is 1.25 bits per heavy atom. The maximum atomic E-state index is 12.9. The summed E-state index contributed by atoms with van der Waals surface area (Å²) >= 11 is 6.42. The summed E-state index contributed by atoms with van der Waals surface area (Å²) in [6.45, 7) is 3.82. The van der Waals surface area contributed by atoms with Gasteiger partial charge in [0.1, 0.15) is 10.4 Å². The quantitative estimate of drug-likeness (QED) is 0.445. The van der Waals surface area contributed by atoms with Crippen molar-refractivity contribution in [2.45, 2.75) is 26.3 Å². The Labute approximate surface area is 196 Å². The molecule has 3 rings (SSSR count). The Hall–Kier alpha value is -2.91. The van der Waals surface area contributed by atoms with Crippen molar-refractivity contribution >= 4 is 46.3 Å². The molecule has 1 saturated heterocycles. The fourth-order valence-electron chi connectivity index (χ4n) is 3.40. The predicted octanol–water partition coefficient (Wildman–Crippen LogP) is 4.47. The van der Waals surface area contributed by atoms with Crippen LogP contribution in [0.5, 0.6) is 11.5 Å². The summed E-state index contributed by atoms with van der Waals surface area (Å²) in [5.41, 5.74) is 2.17. The number of carbonyl (C=O) groups excluding carboxylic acids is 1. The van der Waals surface area contributed by atoms with E-state index in [0.717, 1.165) is 17.3 Å². The number of hydrogen-bond donors (Lipinski definition) is 1. The number of thioether (sulfide) groups is 1. The number of carboxylic acids is 1. The molecule has 0 spiro atoms. The lowest BCUT2D eigenvalue weighted by molar-refractivity contribution is -0.145. The van der Waals surface area contributed by atoms with E-state index in [1.165, 1.54) is 4.90 Å². The first-order chi connectivity index (χ1) is 15.3. The average Bonchev–Trinajstić information content (AvgIpc) is 3.04. The van der Waals surface area contributed by atoms with Crippen LogP contribution >= 0.6 is 24.0 Å². The maximum absolute atomic E-state index is 12.9. The van der Waals surface area contributed by atoms with Crippen molar-refractivity contribution in [3.63, 3.8) is 0 Å². The smallest absolute Gasteiger partial charge is 0.326 e. The van der Waals surface area contributed by atoms with Crippen LogP contribution in [0.2, 0.25) is 0 Å². The molecule has 32 heavy (non-hydrogen) atoms. The second-order valence-electron chi connectivity index (χ2n) is 7.55. The molecule has 1 aliphatic rings. The highest BCUT2D eigenvalue weighted by molar-refractivity contribution is 8.26. The zero-order chi connectivity index (χ0) is 23.4. The van der Waals surface area contributed by atoms with Gasteiger partial charge in [0.2, 0.25) is 0 Å². The Morgan fingerprint density at radius 2 is 2.00 bits per heavy atom. The molecule has 0 bridgehead atoms. The Balaban J connectivity index is 1.87. The number of ether oxygens (including phenoxy) is 2. The molecule has 1 N–H and O–H groups in total. The molecule has 9 heteroatoms. The van der Waals surface area contributed by atoms with Gasteiger partial charge in [-0.1, -0.05) is 50.0 Å². The summed E-state index contributed by atoms with van der Waals surface area (Å²) in [6, 6.07) is 8.22. The van der Waals surface area contributed by atoms with Crippen LogP contribution < -0.4 is 9.47 Å². The van der Waals surface area contributed by atoms with E-state index < -0.39 is 17.9 Å². The first kappa shape index (κ1) is 23.7. The lowest BCUT2D eigenvalue weighted by Crippen LogP contribution is -2.44. The van der Waals surface area contributed by atoms with Gasteiger partial charge in [0, 0.05) is 11.8 Å². The highest BCUT2D eigenvalue weighted by Gasteiger charge is 2.40. The zero-order valence-electron chi connectivity index (χ0n) is 18.2. The first-order valence-corrected chi connectivity index (χ1v) is 11.2. The number of nitrogens with zero attached hydrogens (tertiary/aromatic N) is 2. The molecule has 1 aromatic heterocycles. The van der Waals surface area contributed by atoms with Crippen molar-refractivity contribution in [1.82, 2.24) is 9.88 Å². The van der Waals surface area contributed by atoms with Gasteiger partial charge >= 0.3 is 5.97 Å². The second-order valence-corrected chi connectivity index (χ2v) is 9.23. The Morgan fingerprint density at radius 3 is 2.56 bits per heavy atom. The van der Waals surface area contributed by atoms with Crippen molar-refractivity contribution in [3.05, 3.63) is 47.0 Å². The summed E-state index contributed by atoms with van der Waals surface area (Å²) in [5, 5.41) is 9.60. The van der Waals surface area contributed by atoms with E-state index in [1.54, 1.807) is 26.5 Å². The monoisotopic (exact) mass is 472 g/mol. The van der Waals surface area contributed by atoms with E-state index in [4.69, 9.17) is 21.7 Å². The summed E-state index contributed by atoms with van der Waals surface area (Å²) in [4.78, 5) is 30.7. The number of hydrogen-bond acceptors (Lipinski definition) is 7. The molecule has 2 heterocycles. The molecular weight excluding hydrogens is 448 g/mol. The second kappa shape index (κ2) is 10.1. The van der Waals surface area contributed by atoms with Gasteiger partial charge in [-0.15, -0.1) is 0 Å². The van der Waals surface area contributed by atoms with Gasteiger partial charge in [-0.05, 0) is 42.2 Å². The maximum Gasteiger partial charge on any atom is 0.326 e. The Bertz CT molecular complexity index is 1070. The van der Waals surface area contributed by atoms with Crippen LogP contribution in [0.1, 0.15) is 25.8 Å². The number of carbonyl (C=O) groups is 2. The van der Waals surface area contributed by atoms with Crippen LogP contribution in [0.3, 0.4) is 0 Å². The molecule has 1 unspecified atom stereocenters. The third-order valence-corrected chi connectivity index (χ3v) is 6.21. The van der Waals surface area contributed by atoms with Gasteiger partial charge in [-0.25, -0.2) is 4.79 Å². The van der Waals surface area contributed by atoms with E-state index in [1.807, 2.05) is 44.2 Å². The molecule has 1 amide bonds. The molecule has 1 atom stereocenters. The van der Waals surface area contributed by atoms with E-state index in [9.17, 15) is 14.7 Å². The molecule has 1 aromatic carbocycles. The minimum absolute atomic E-state index is 0.107. The number of para-hydroxylation sites is 1. The summed E-state index contributed by atoms with van der Waals surface area (Å²) < 4.78 is 11.1. The van der Waals surface area contributed by atoms with Gasteiger partial charge < -0.3 is 14.6 Å². The van der Waals surface area contributed by atoms with Crippen LogP contribution in [-0.4, -0.2) is 51.4 Å². The molecular formula is C23H24N2O5S2. The van der Waals surface area contributed by atoms with Crippen molar-refractivity contribution < 1.29 is 24.2 Å². The van der Waals surface area contributed by atoms with Crippen LogP contribution in [0, 0.1) is 5.92 Å². The first-order valence-electron chi connectivity index (χ1n) is 9.94. The third kappa shape index (κ3) is 4.94. The van der Waals surface area contributed by atoms with Crippen LogP contribution in [0.25, 0.3) is 17.3 Å². The molecule has 2 aromatic rings. The number of rotatable bonds is 8. The van der Waals surface area contributed by atoms with Crippen LogP contribution in [-0.2, 0) is 9.59 Å². The van der Waals surface area contributed by atoms with E-state index in [2.05, 4.69) is 4.98 Å². The largest absolute Gasteiger partial charge is 0.493 e. The Kier molecular flexibility index (Phi) is 7.52. The summed E-state index contributed by atoms with van der Waals surface area (Å²) in [5.74, 6) is -0.161. The molecule has 168 valence electrons. The topological polar surface area (TPSA) is 89.0 Å². The molecule has 0 saturated carbocycles. The number of aromatic nitrogens is 1. The standard InChI is InChI=1S/C23H24N2O5S2/c1-13(2)10-17(22(27)28)25-21(26)19(32-23(25)31)11-14-8-9-16(24-12-14)15-6-5-7-18(29-3)20(15)30-4/h5-9,11-13,17H,10H2,1-4H3,(H,27,28). The normalized spacial score (nSPS) is 16.0. The molecule has 1 fully saturated rings. The molecule has 0 aliphatic carbocycles. The fraction of sp³-hybridized carbons (Fsp3) is 0.304. The highest BCUT2D eigenvalue weighted by Crippen LogP contribution is 2.38. The number of amides is 1. The lowest BCUT2D eigenvalue weighted by atomic mass is 10.0. The summed E-state index contributed by atoms with van der Waals surface area (Å²) in [7, 11) is 3.14. The van der Waals surface area contributed by atoms with Crippen LogP contribution in [0.15, 0.2) is 41.4 Å². The number of carboxylic acid groups (broad SMARTS) is 1. The summed E-state index contributed by atoms with van der Waals surface area (Å²) in [6.07, 6.45) is 3.64. The van der Waals surface area contributed by atoms with Gasteiger partial charge in [0.05, 0.1) is 24.8 Å². The molecule has 7 nitrogen and oxygen atoms in total. The van der Waals surface area contributed by atoms with Gasteiger partial charge in [0.25, 0.3) is 5.91 Å². The highest BCUT2D eigenvalue weighted by atomic mass is 32.2. The minimum atomic E-state index is -1.06. The predicted molar refractivity (Wildman–Crippen MR) is 129 cm³/mol. The van der Waals surface area contributed by atoms with Gasteiger partial charge in [-0.2, -0.15) is 0 Å². The average molecular weight is 473 g/mol. The zero-order valence-corrected chi connectivity index (χ0v) is 19.8. The fourth-order valence-corrected chi connectivity index (χ4v) is 4.76. The number of pyridine rings is 1. The SMILES string of the molecule is COc1cccc(-c2ccc(C=C3SC(=S)N(C(CC(C)C)C(=O)O)C3=O)cn2)c1OC. The van der Waals surface area contributed by atoms with Crippen molar-refractivity contribution in [2.75, 3.05) is 14.2 Å². The van der Waals surface area contributed by atoms with E-state index in [0.29, 0.717) is 34.1 Å². The number of methoxy groups -OCH3 is 2. The van der Waals surface area contributed by atoms with Crippen molar-refractivity contribution in [1.29, 1.82) is 0 Å². The van der Waals surface area contributed by atoms with Gasteiger partial charge in [-0.3, -0.25) is 14.7 Å². The third-order valence-electron chi connectivity index (χ3n) is 4.88. The number of aliphatic carboxylic acids is 1. The number of thiocarbonyl (C=S) groups is 1. The lowest BCUT2D eigenvalue weighted by Gasteiger charge is -2.24. The molecule has 0 radical (unpaired) electrons. The van der Waals surface area contributed by atoms with Crippen molar-refractivity contribution in [3.8, 4) is 22.8 Å². The van der Waals surface area contributed by atoms with E-state index in [-0.39, 0.29) is 10.2 Å². The van der Waals surface area contributed by atoms with E-state index >= 15 is 0 Å². The minimum Gasteiger partial charge on any atom is -0.493 e. The van der Waals surface area contributed by atoms with Crippen LogP contribution in [0.4, 0.5) is 0 Å². The number of benzene rings is 1. The van der Waals surface area contributed by atoms with Gasteiger partial charge in [0.15, 0.2) is 11.5 Å².